The predicted octanol–water partition coefficient (Wildman–Crippen LogP) is 1.40. The van der Waals surface area contributed by atoms with E-state index in [9.17, 15) is 9.90 Å². The van der Waals surface area contributed by atoms with Gasteiger partial charge in [-0.05, 0) is 30.5 Å². The summed E-state index contributed by atoms with van der Waals surface area (Å²) in [6, 6.07) is 7.13. The van der Waals surface area contributed by atoms with Crippen molar-refractivity contribution < 1.29 is 15.0 Å². The lowest BCUT2D eigenvalue weighted by atomic mass is 10.1. The van der Waals surface area contributed by atoms with Gasteiger partial charge in [-0.15, -0.1) is 0 Å². The highest BCUT2D eigenvalue weighted by atomic mass is 16.4. The Bertz CT molecular complexity index is 386. The molecule has 4 heteroatoms. The Morgan fingerprint density at radius 3 is 2.62 bits per heavy atom. The molecule has 0 radical (unpaired) electrons. The van der Waals surface area contributed by atoms with E-state index in [-0.39, 0.29) is 0 Å². The molecule has 4 nitrogen and oxygen atoms in total. The number of carboxylic acid groups (broad SMARTS) is 1. The molecule has 0 spiro atoms. The second-order valence-corrected chi connectivity index (χ2v) is 4.03. The number of aliphatic hydroxyl groups excluding tert-OH is 1. The fraction of sp³-hybridized carbons (Fsp3) is 0.417. The highest BCUT2D eigenvalue weighted by molar-refractivity contribution is 5.74. The Morgan fingerprint density at radius 1 is 1.31 bits per heavy atom. The Hall–Kier alpha value is -1.55. The highest BCUT2D eigenvalue weighted by Gasteiger charge is 2.18. The summed E-state index contributed by atoms with van der Waals surface area (Å²) < 4.78 is 0. The van der Waals surface area contributed by atoms with Gasteiger partial charge in [0.25, 0.3) is 0 Å². The van der Waals surface area contributed by atoms with Crippen LogP contribution in [0.1, 0.15) is 24.5 Å². The van der Waals surface area contributed by atoms with Crippen LogP contribution in [0.15, 0.2) is 24.3 Å². The van der Waals surface area contributed by atoms with E-state index in [0.29, 0.717) is 5.56 Å². The summed E-state index contributed by atoms with van der Waals surface area (Å²) >= 11 is 0. The number of carbonyl (C=O) groups is 1. The van der Waals surface area contributed by atoms with Crippen LogP contribution in [-0.4, -0.2) is 29.3 Å². The molecule has 2 N–H and O–H groups in total. The van der Waals surface area contributed by atoms with E-state index in [1.165, 1.54) is 12.8 Å². The normalized spacial score (nSPS) is 17.4. The molecule has 1 aliphatic rings. The maximum Gasteiger partial charge on any atom is 0.337 e. The van der Waals surface area contributed by atoms with E-state index < -0.39 is 12.1 Å². The smallest absolute Gasteiger partial charge is 0.337 e. The number of hydrogen-bond donors (Lipinski definition) is 2. The average Bonchev–Trinajstić information content (AvgIpc) is 2.81. The summed E-state index contributed by atoms with van der Waals surface area (Å²) in [5.74, 6) is -1.21. The number of aliphatic hydroxyl groups is 1. The zero-order valence-corrected chi connectivity index (χ0v) is 8.97. The number of carboxylic acids is 1. The molecule has 1 unspecified atom stereocenters. The third-order valence-electron chi connectivity index (χ3n) is 2.89. The van der Waals surface area contributed by atoms with Crippen molar-refractivity contribution >= 4 is 11.7 Å². The lowest BCUT2D eigenvalue weighted by molar-refractivity contribution is -0.146. The van der Waals surface area contributed by atoms with Crippen molar-refractivity contribution in [1.29, 1.82) is 0 Å². The molecule has 0 bridgehead atoms. The molecule has 0 aliphatic carbocycles. The van der Waals surface area contributed by atoms with Gasteiger partial charge in [-0.1, -0.05) is 12.1 Å². The van der Waals surface area contributed by atoms with Crippen molar-refractivity contribution in [3.63, 3.8) is 0 Å². The Morgan fingerprint density at radius 2 is 2.00 bits per heavy atom. The van der Waals surface area contributed by atoms with Crippen LogP contribution in [0.2, 0.25) is 0 Å². The number of benzene rings is 1. The minimum absolute atomic E-state index is 0.442. The van der Waals surface area contributed by atoms with Crippen LogP contribution < -0.4 is 4.90 Å². The lowest BCUT2D eigenvalue weighted by Gasteiger charge is -2.18. The van der Waals surface area contributed by atoms with Crippen molar-refractivity contribution in [2.24, 2.45) is 0 Å². The van der Waals surface area contributed by atoms with E-state index in [2.05, 4.69) is 4.90 Å². The van der Waals surface area contributed by atoms with Crippen LogP contribution >= 0.6 is 0 Å². The van der Waals surface area contributed by atoms with E-state index in [0.717, 1.165) is 18.8 Å². The molecular formula is C12H15NO3. The van der Waals surface area contributed by atoms with Crippen LogP contribution in [0.5, 0.6) is 0 Å². The largest absolute Gasteiger partial charge is 0.479 e. The summed E-state index contributed by atoms with van der Waals surface area (Å²) in [4.78, 5) is 12.9. The number of anilines is 1. The van der Waals surface area contributed by atoms with Gasteiger partial charge in [-0.2, -0.15) is 0 Å². The van der Waals surface area contributed by atoms with Gasteiger partial charge in [0.1, 0.15) is 0 Å². The fourth-order valence-electron chi connectivity index (χ4n) is 2.01. The highest BCUT2D eigenvalue weighted by Crippen LogP contribution is 2.23. The standard InChI is InChI=1S/C12H15NO3/c14-11(12(15)16)9-4-3-5-10(8-9)13-6-1-2-7-13/h3-5,8,11,14H,1-2,6-7H2,(H,15,16). The predicted molar refractivity (Wildman–Crippen MR) is 60.5 cm³/mol. The van der Waals surface area contributed by atoms with Crippen LogP contribution in [0.4, 0.5) is 5.69 Å². The van der Waals surface area contributed by atoms with Gasteiger partial charge in [0, 0.05) is 18.8 Å². The second kappa shape index (κ2) is 4.53. The molecule has 2 rings (SSSR count). The SMILES string of the molecule is O=C(O)C(O)c1cccc(N2CCCC2)c1. The zero-order valence-electron chi connectivity index (χ0n) is 8.97. The molecule has 16 heavy (non-hydrogen) atoms. The number of rotatable bonds is 3. The van der Waals surface area contributed by atoms with Crippen molar-refractivity contribution in [3.8, 4) is 0 Å². The van der Waals surface area contributed by atoms with Crippen molar-refractivity contribution in [2.45, 2.75) is 18.9 Å². The maximum atomic E-state index is 10.7. The first-order valence-electron chi connectivity index (χ1n) is 5.44. The first-order chi connectivity index (χ1) is 7.68. The minimum Gasteiger partial charge on any atom is -0.479 e. The van der Waals surface area contributed by atoms with Gasteiger partial charge in [-0.25, -0.2) is 4.79 Å². The minimum atomic E-state index is -1.43. The molecular weight excluding hydrogens is 206 g/mol. The molecule has 86 valence electrons. The molecule has 0 saturated carbocycles. The fourth-order valence-corrected chi connectivity index (χ4v) is 2.01. The second-order valence-electron chi connectivity index (χ2n) is 4.03. The zero-order chi connectivity index (χ0) is 11.5. The van der Waals surface area contributed by atoms with Crippen LogP contribution in [0.25, 0.3) is 0 Å². The summed E-state index contributed by atoms with van der Waals surface area (Å²) in [6.07, 6.45) is 0.916. The lowest BCUT2D eigenvalue weighted by Crippen LogP contribution is -2.18. The van der Waals surface area contributed by atoms with Crippen LogP contribution in [0, 0.1) is 0 Å². The van der Waals surface area contributed by atoms with Gasteiger partial charge < -0.3 is 15.1 Å². The summed E-state index contributed by atoms with van der Waals surface area (Å²) in [7, 11) is 0. The first-order valence-corrected chi connectivity index (χ1v) is 5.44. The van der Waals surface area contributed by atoms with Gasteiger partial charge in [0.05, 0.1) is 0 Å². The molecule has 1 fully saturated rings. The van der Waals surface area contributed by atoms with Crippen LogP contribution in [0.3, 0.4) is 0 Å². The van der Waals surface area contributed by atoms with Crippen molar-refractivity contribution in [1.82, 2.24) is 0 Å². The molecule has 1 aliphatic heterocycles. The molecule has 1 aromatic rings. The van der Waals surface area contributed by atoms with Gasteiger partial charge in [0.2, 0.25) is 0 Å². The molecule has 1 atom stereocenters. The molecule has 0 amide bonds. The molecule has 1 heterocycles. The third kappa shape index (κ3) is 2.17. The average molecular weight is 221 g/mol. The van der Waals surface area contributed by atoms with Gasteiger partial charge in [0.15, 0.2) is 6.10 Å². The van der Waals surface area contributed by atoms with E-state index >= 15 is 0 Å². The molecule has 1 aromatic carbocycles. The third-order valence-corrected chi connectivity index (χ3v) is 2.89. The first kappa shape index (κ1) is 11.0. The Balaban J connectivity index is 2.21. The summed E-state index contributed by atoms with van der Waals surface area (Å²) in [5, 5.41) is 18.2. The van der Waals surface area contributed by atoms with Crippen molar-refractivity contribution in [2.75, 3.05) is 18.0 Å². The summed E-state index contributed by atoms with van der Waals surface area (Å²) in [6.45, 7) is 2.01. The molecule has 1 saturated heterocycles. The number of aliphatic carboxylic acids is 1. The van der Waals surface area contributed by atoms with E-state index in [4.69, 9.17) is 5.11 Å². The van der Waals surface area contributed by atoms with Gasteiger partial charge >= 0.3 is 5.97 Å². The van der Waals surface area contributed by atoms with Crippen LogP contribution in [-0.2, 0) is 4.79 Å². The quantitative estimate of drug-likeness (QED) is 0.810. The number of nitrogens with zero attached hydrogens (tertiary/aromatic N) is 1. The van der Waals surface area contributed by atoms with Crippen molar-refractivity contribution in [3.05, 3.63) is 29.8 Å². The van der Waals surface area contributed by atoms with E-state index in [1.54, 1.807) is 18.2 Å². The topological polar surface area (TPSA) is 60.8 Å². The van der Waals surface area contributed by atoms with Gasteiger partial charge in [-0.3, -0.25) is 0 Å². The molecule has 0 aromatic heterocycles. The number of hydrogen-bond acceptors (Lipinski definition) is 3. The Labute approximate surface area is 94.1 Å². The summed E-state index contributed by atoms with van der Waals surface area (Å²) in [5.41, 5.74) is 1.44. The Kier molecular flexibility index (Phi) is 3.10. The maximum absolute atomic E-state index is 10.7. The monoisotopic (exact) mass is 221 g/mol. The van der Waals surface area contributed by atoms with E-state index in [1.807, 2.05) is 6.07 Å².